The zero-order valence-electron chi connectivity index (χ0n) is 17.4. The van der Waals surface area contributed by atoms with Crippen LogP contribution in [0.5, 0.6) is 0 Å². The van der Waals surface area contributed by atoms with Crippen LogP contribution in [0.15, 0.2) is 18.2 Å². The molecule has 162 valence electrons. The highest BCUT2D eigenvalue weighted by Crippen LogP contribution is 2.37. The molecule has 5 nitrogen and oxygen atoms in total. The topological polar surface area (TPSA) is 53.1 Å². The average molecular weight is 419 g/mol. The van der Waals surface area contributed by atoms with Gasteiger partial charge in [-0.3, -0.25) is 0 Å². The first-order valence-electron chi connectivity index (χ1n) is 10.6. The standard InChI is InChI=1S/C22H28F3N5/c1-13(2)27-21-22(29-18-5-8-26-12-19(18)28-21)30-9-6-14(7-10-30)20(25)16-4-3-15(23)11-17(16)24/h3-4,11,13-14,20,26H,5-10,12H2,1-2H3,(H,27,28)/t20-/m0/s1. The molecule has 8 heteroatoms. The van der Waals surface area contributed by atoms with E-state index in [0.29, 0.717) is 32.5 Å². The molecule has 0 unspecified atom stereocenters. The average Bonchev–Trinajstić information content (AvgIpc) is 2.72. The van der Waals surface area contributed by atoms with Gasteiger partial charge in [0.1, 0.15) is 17.8 Å². The molecule has 0 amide bonds. The van der Waals surface area contributed by atoms with Gasteiger partial charge in [-0.1, -0.05) is 6.07 Å². The molecule has 0 radical (unpaired) electrons. The molecule has 2 aliphatic heterocycles. The summed E-state index contributed by atoms with van der Waals surface area (Å²) in [5.74, 6) is -0.247. The fourth-order valence-corrected chi connectivity index (χ4v) is 4.22. The summed E-state index contributed by atoms with van der Waals surface area (Å²) in [6, 6.07) is 3.29. The molecule has 1 atom stereocenters. The lowest BCUT2D eigenvalue weighted by molar-refractivity contribution is 0.193. The Morgan fingerprint density at radius 2 is 1.90 bits per heavy atom. The van der Waals surface area contributed by atoms with E-state index in [0.717, 1.165) is 48.1 Å². The fraction of sp³-hybridized carbons (Fsp3) is 0.545. The molecule has 2 N–H and O–H groups in total. The minimum atomic E-state index is -1.44. The number of fused-ring (bicyclic) bond motifs is 1. The monoisotopic (exact) mass is 419 g/mol. The zero-order chi connectivity index (χ0) is 21.3. The zero-order valence-corrected chi connectivity index (χ0v) is 17.4. The van der Waals surface area contributed by atoms with Crippen molar-refractivity contribution in [3.8, 4) is 0 Å². The van der Waals surface area contributed by atoms with Crippen molar-refractivity contribution in [2.24, 2.45) is 5.92 Å². The van der Waals surface area contributed by atoms with Gasteiger partial charge in [0.25, 0.3) is 0 Å². The first-order valence-corrected chi connectivity index (χ1v) is 10.6. The molecule has 0 saturated carbocycles. The summed E-state index contributed by atoms with van der Waals surface area (Å²) in [4.78, 5) is 11.9. The van der Waals surface area contributed by atoms with Crippen molar-refractivity contribution in [2.45, 2.75) is 51.9 Å². The Hall–Kier alpha value is -2.35. The molecule has 4 rings (SSSR count). The van der Waals surface area contributed by atoms with Gasteiger partial charge in [0.05, 0.1) is 11.4 Å². The van der Waals surface area contributed by atoms with Gasteiger partial charge in [-0.05, 0) is 38.7 Å². The van der Waals surface area contributed by atoms with E-state index in [1.54, 1.807) is 0 Å². The van der Waals surface area contributed by atoms with Crippen LogP contribution in [0.1, 0.15) is 49.8 Å². The summed E-state index contributed by atoms with van der Waals surface area (Å²) in [5.41, 5.74) is 1.92. The molecule has 0 spiro atoms. The predicted octanol–water partition coefficient (Wildman–Crippen LogP) is 4.15. The highest BCUT2D eigenvalue weighted by molar-refractivity contribution is 5.62. The molecule has 1 aromatic carbocycles. The van der Waals surface area contributed by atoms with Crippen LogP contribution < -0.4 is 15.5 Å². The first-order chi connectivity index (χ1) is 14.4. The van der Waals surface area contributed by atoms with Crippen LogP contribution in [0.25, 0.3) is 0 Å². The third-order valence-electron chi connectivity index (χ3n) is 5.80. The Morgan fingerprint density at radius 1 is 1.13 bits per heavy atom. The fourth-order valence-electron chi connectivity index (χ4n) is 4.22. The molecular weight excluding hydrogens is 391 g/mol. The van der Waals surface area contributed by atoms with Gasteiger partial charge in [-0.15, -0.1) is 0 Å². The van der Waals surface area contributed by atoms with Crippen molar-refractivity contribution in [1.82, 2.24) is 15.3 Å². The van der Waals surface area contributed by atoms with Crippen LogP contribution >= 0.6 is 0 Å². The summed E-state index contributed by atoms with van der Waals surface area (Å²) in [6.45, 7) is 6.94. The largest absolute Gasteiger partial charge is 0.365 e. The Bertz CT molecular complexity index is 897. The summed E-state index contributed by atoms with van der Waals surface area (Å²) < 4.78 is 42.1. The maximum Gasteiger partial charge on any atom is 0.172 e. The van der Waals surface area contributed by atoms with Gasteiger partial charge in [0.15, 0.2) is 11.6 Å². The van der Waals surface area contributed by atoms with Crippen molar-refractivity contribution >= 4 is 11.6 Å². The van der Waals surface area contributed by atoms with E-state index in [1.165, 1.54) is 6.07 Å². The van der Waals surface area contributed by atoms with E-state index in [2.05, 4.69) is 29.4 Å². The van der Waals surface area contributed by atoms with Gasteiger partial charge in [0, 0.05) is 50.3 Å². The Morgan fingerprint density at radius 3 is 2.60 bits per heavy atom. The molecule has 2 aromatic rings. The number of nitrogens with one attached hydrogen (secondary N) is 2. The van der Waals surface area contributed by atoms with Crippen LogP contribution in [0, 0.1) is 17.6 Å². The lowest BCUT2D eigenvalue weighted by atomic mass is 9.88. The van der Waals surface area contributed by atoms with E-state index in [-0.39, 0.29) is 17.5 Å². The molecule has 3 heterocycles. The third kappa shape index (κ3) is 4.38. The van der Waals surface area contributed by atoms with Gasteiger partial charge in [-0.25, -0.2) is 23.1 Å². The summed E-state index contributed by atoms with van der Waals surface area (Å²) in [5, 5.41) is 6.71. The molecule has 1 fully saturated rings. The van der Waals surface area contributed by atoms with E-state index < -0.39 is 17.8 Å². The van der Waals surface area contributed by atoms with Crippen molar-refractivity contribution in [1.29, 1.82) is 0 Å². The number of rotatable bonds is 5. The quantitative estimate of drug-likeness (QED) is 0.763. The molecule has 0 bridgehead atoms. The number of anilines is 2. The van der Waals surface area contributed by atoms with Crippen LogP contribution in [-0.4, -0.2) is 35.6 Å². The molecule has 2 aliphatic rings. The number of benzene rings is 1. The predicted molar refractivity (Wildman–Crippen MR) is 111 cm³/mol. The van der Waals surface area contributed by atoms with Gasteiger partial charge < -0.3 is 15.5 Å². The molecule has 30 heavy (non-hydrogen) atoms. The number of alkyl halides is 1. The summed E-state index contributed by atoms with van der Waals surface area (Å²) in [7, 11) is 0. The van der Waals surface area contributed by atoms with E-state index in [9.17, 15) is 13.2 Å². The molecular formula is C22H28F3N5. The minimum absolute atomic E-state index is 0.0573. The van der Waals surface area contributed by atoms with Crippen LogP contribution in [0.4, 0.5) is 24.8 Å². The maximum absolute atomic E-state index is 15.0. The molecule has 0 aliphatic carbocycles. The molecule has 1 aromatic heterocycles. The lowest BCUT2D eigenvalue weighted by Gasteiger charge is -2.35. The lowest BCUT2D eigenvalue weighted by Crippen LogP contribution is -2.37. The highest BCUT2D eigenvalue weighted by Gasteiger charge is 2.31. The van der Waals surface area contributed by atoms with E-state index in [4.69, 9.17) is 9.97 Å². The van der Waals surface area contributed by atoms with Crippen LogP contribution in [-0.2, 0) is 13.0 Å². The van der Waals surface area contributed by atoms with Crippen molar-refractivity contribution in [3.63, 3.8) is 0 Å². The van der Waals surface area contributed by atoms with Gasteiger partial charge >= 0.3 is 0 Å². The highest BCUT2D eigenvalue weighted by atomic mass is 19.1. The van der Waals surface area contributed by atoms with Crippen molar-refractivity contribution in [2.75, 3.05) is 29.9 Å². The normalized spacial score (nSPS) is 18.4. The van der Waals surface area contributed by atoms with Gasteiger partial charge in [0.2, 0.25) is 0 Å². The van der Waals surface area contributed by atoms with Crippen molar-refractivity contribution in [3.05, 3.63) is 46.8 Å². The maximum atomic E-state index is 15.0. The van der Waals surface area contributed by atoms with Crippen LogP contribution in [0.2, 0.25) is 0 Å². The second kappa shape index (κ2) is 8.79. The molecule has 1 saturated heterocycles. The van der Waals surface area contributed by atoms with E-state index in [1.807, 2.05) is 0 Å². The first kappa shape index (κ1) is 20.9. The van der Waals surface area contributed by atoms with E-state index >= 15 is 0 Å². The second-order valence-electron chi connectivity index (χ2n) is 8.41. The van der Waals surface area contributed by atoms with Crippen molar-refractivity contribution < 1.29 is 13.2 Å². The smallest absolute Gasteiger partial charge is 0.172 e. The Labute approximate surface area is 175 Å². The summed E-state index contributed by atoms with van der Waals surface area (Å²) >= 11 is 0. The SMILES string of the molecule is CC(C)Nc1nc2c(nc1N1CCC([C@H](F)c3ccc(F)cc3F)CC1)CCNC2. The number of piperidine rings is 1. The number of hydrogen-bond acceptors (Lipinski definition) is 5. The summed E-state index contributed by atoms with van der Waals surface area (Å²) in [6.07, 6.45) is 0.532. The van der Waals surface area contributed by atoms with Crippen LogP contribution in [0.3, 0.4) is 0 Å². The number of hydrogen-bond donors (Lipinski definition) is 2. The number of aromatic nitrogens is 2. The Balaban J connectivity index is 1.50. The number of nitrogens with zero attached hydrogens (tertiary/aromatic N) is 3. The van der Waals surface area contributed by atoms with Gasteiger partial charge in [-0.2, -0.15) is 0 Å². The number of halogens is 3. The Kier molecular flexibility index (Phi) is 6.13. The third-order valence-corrected chi connectivity index (χ3v) is 5.80. The minimum Gasteiger partial charge on any atom is -0.365 e. The second-order valence-corrected chi connectivity index (χ2v) is 8.41.